The molecule has 0 aliphatic rings. The van der Waals surface area contributed by atoms with E-state index in [1.807, 2.05) is 37.3 Å². The summed E-state index contributed by atoms with van der Waals surface area (Å²) in [4.78, 5) is 23.3. The molecule has 0 atom stereocenters. The molecule has 0 radical (unpaired) electrons. The first kappa shape index (κ1) is 15.0. The Morgan fingerprint density at radius 3 is 2.43 bits per heavy atom. The minimum Gasteiger partial charge on any atom is -0.465 e. The predicted octanol–water partition coefficient (Wildman–Crippen LogP) is 3.54. The van der Waals surface area contributed by atoms with Crippen molar-refractivity contribution in [2.24, 2.45) is 0 Å². The monoisotopic (exact) mass is 308 g/mol. The Kier molecular flexibility index (Phi) is 3.93. The third-order valence-electron chi connectivity index (χ3n) is 3.75. The lowest BCUT2D eigenvalue weighted by Gasteiger charge is -2.05. The van der Waals surface area contributed by atoms with Crippen LogP contribution in [-0.2, 0) is 4.74 Å². The molecule has 116 valence electrons. The van der Waals surface area contributed by atoms with Crippen molar-refractivity contribution in [3.8, 4) is 11.1 Å². The molecule has 1 aromatic heterocycles. The molecule has 0 bridgehead atoms. The zero-order chi connectivity index (χ0) is 16.4. The zero-order valence-electron chi connectivity index (χ0n) is 12.9. The lowest BCUT2D eigenvalue weighted by molar-refractivity contribution is 0.0600. The number of hydrogen-bond acceptors (Lipinski definition) is 4. The maximum absolute atomic E-state index is 11.8. The molecular formula is C18H16N2O3. The number of fused-ring (bicyclic) bond motifs is 1. The number of aromatic nitrogens is 2. The lowest BCUT2D eigenvalue weighted by Crippen LogP contribution is -2.09. The quantitative estimate of drug-likeness (QED) is 0.694. The first-order chi connectivity index (χ1) is 11.1. The molecule has 0 saturated heterocycles. The van der Waals surface area contributed by atoms with E-state index in [2.05, 4.69) is 5.10 Å². The number of rotatable bonds is 3. The van der Waals surface area contributed by atoms with Gasteiger partial charge in [0.1, 0.15) is 0 Å². The van der Waals surface area contributed by atoms with Crippen LogP contribution in [0.5, 0.6) is 0 Å². The fourth-order valence-electron chi connectivity index (χ4n) is 2.48. The number of esters is 1. The Hall–Kier alpha value is -2.95. The molecule has 0 N–H and O–H groups in total. The molecular weight excluding hydrogens is 292 g/mol. The van der Waals surface area contributed by atoms with E-state index in [-0.39, 0.29) is 11.9 Å². The summed E-state index contributed by atoms with van der Waals surface area (Å²) < 4.78 is 6.12. The summed E-state index contributed by atoms with van der Waals surface area (Å²) in [6, 6.07) is 13.0. The van der Waals surface area contributed by atoms with E-state index < -0.39 is 0 Å². The molecule has 1 heterocycles. The van der Waals surface area contributed by atoms with Gasteiger partial charge in [-0.15, -0.1) is 0 Å². The van der Waals surface area contributed by atoms with E-state index in [9.17, 15) is 9.59 Å². The third kappa shape index (κ3) is 2.73. The van der Waals surface area contributed by atoms with Crippen LogP contribution >= 0.6 is 0 Å². The fraction of sp³-hybridized carbons (Fsp3) is 0.167. The average molecular weight is 308 g/mol. The molecule has 5 nitrogen and oxygen atoms in total. The van der Waals surface area contributed by atoms with Crippen molar-refractivity contribution in [2.45, 2.75) is 13.3 Å². The fourth-order valence-corrected chi connectivity index (χ4v) is 2.48. The van der Waals surface area contributed by atoms with Crippen molar-refractivity contribution in [3.05, 3.63) is 54.2 Å². The number of ether oxygens (including phenoxy) is 1. The second-order valence-electron chi connectivity index (χ2n) is 5.15. The van der Waals surface area contributed by atoms with Gasteiger partial charge in [0.15, 0.2) is 0 Å². The van der Waals surface area contributed by atoms with Crippen molar-refractivity contribution in [3.63, 3.8) is 0 Å². The van der Waals surface area contributed by atoms with Crippen LogP contribution in [0.25, 0.3) is 22.0 Å². The van der Waals surface area contributed by atoms with E-state index in [4.69, 9.17) is 4.74 Å². The molecule has 0 amide bonds. The Balaban J connectivity index is 1.97. The van der Waals surface area contributed by atoms with Crippen LogP contribution in [0.1, 0.15) is 28.5 Å². The highest BCUT2D eigenvalue weighted by atomic mass is 16.5. The molecule has 0 aliphatic carbocycles. The maximum atomic E-state index is 11.8. The molecule has 23 heavy (non-hydrogen) atoms. The molecule has 3 rings (SSSR count). The Bertz CT molecular complexity index is 879. The standard InChI is InChI=1S/C18H16N2O3/c1-3-17(21)20-16-9-8-14(10-15(16)11-19-20)12-4-6-13(7-5-12)18(22)23-2/h4-11H,3H2,1-2H3. The summed E-state index contributed by atoms with van der Waals surface area (Å²) >= 11 is 0. The van der Waals surface area contributed by atoms with Gasteiger partial charge >= 0.3 is 5.97 Å². The number of carbonyl (C=O) groups excluding carboxylic acids is 2. The summed E-state index contributed by atoms with van der Waals surface area (Å²) in [6.45, 7) is 1.81. The predicted molar refractivity (Wildman–Crippen MR) is 87.4 cm³/mol. The van der Waals surface area contributed by atoms with E-state index in [0.29, 0.717) is 12.0 Å². The minimum atomic E-state index is -0.355. The van der Waals surface area contributed by atoms with Crippen LogP contribution in [0.3, 0.4) is 0 Å². The number of hydrogen-bond donors (Lipinski definition) is 0. The van der Waals surface area contributed by atoms with E-state index in [0.717, 1.165) is 22.0 Å². The summed E-state index contributed by atoms with van der Waals surface area (Å²) in [5, 5.41) is 5.06. The molecule has 2 aromatic carbocycles. The molecule has 0 unspecified atom stereocenters. The van der Waals surface area contributed by atoms with E-state index in [1.165, 1.54) is 11.8 Å². The molecule has 0 fully saturated rings. The van der Waals surface area contributed by atoms with Gasteiger partial charge in [-0.1, -0.05) is 25.1 Å². The maximum Gasteiger partial charge on any atom is 0.337 e. The minimum absolute atomic E-state index is 0.0322. The summed E-state index contributed by atoms with van der Waals surface area (Å²) in [7, 11) is 1.36. The van der Waals surface area contributed by atoms with Crippen molar-refractivity contribution in [1.82, 2.24) is 9.78 Å². The normalized spacial score (nSPS) is 10.7. The SMILES string of the molecule is CCC(=O)n1ncc2cc(-c3ccc(C(=O)OC)cc3)ccc21. The first-order valence-electron chi connectivity index (χ1n) is 7.33. The van der Waals surface area contributed by atoms with Gasteiger partial charge in [-0.25, -0.2) is 9.48 Å². The Morgan fingerprint density at radius 1 is 1.09 bits per heavy atom. The van der Waals surface area contributed by atoms with Crippen LogP contribution in [0.15, 0.2) is 48.7 Å². The molecule has 0 saturated carbocycles. The van der Waals surface area contributed by atoms with Crippen LogP contribution in [-0.4, -0.2) is 28.8 Å². The summed E-state index contributed by atoms with van der Waals surface area (Å²) in [5.41, 5.74) is 3.29. The van der Waals surface area contributed by atoms with Crippen LogP contribution in [0, 0.1) is 0 Å². The van der Waals surface area contributed by atoms with E-state index in [1.54, 1.807) is 18.3 Å². The molecule has 0 aliphatic heterocycles. The first-order valence-corrected chi connectivity index (χ1v) is 7.33. The smallest absolute Gasteiger partial charge is 0.337 e. The van der Waals surface area contributed by atoms with Gasteiger partial charge in [0.25, 0.3) is 0 Å². The van der Waals surface area contributed by atoms with Gasteiger partial charge in [0, 0.05) is 11.8 Å². The van der Waals surface area contributed by atoms with Gasteiger partial charge in [-0.2, -0.15) is 5.10 Å². The van der Waals surface area contributed by atoms with Crippen molar-refractivity contribution in [1.29, 1.82) is 0 Å². The largest absolute Gasteiger partial charge is 0.465 e. The van der Waals surface area contributed by atoms with Crippen LogP contribution < -0.4 is 0 Å². The highest BCUT2D eigenvalue weighted by molar-refractivity contribution is 5.93. The number of nitrogens with zero attached hydrogens (tertiary/aromatic N) is 2. The third-order valence-corrected chi connectivity index (χ3v) is 3.75. The van der Waals surface area contributed by atoms with Gasteiger partial charge in [0.2, 0.25) is 5.91 Å². The van der Waals surface area contributed by atoms with Gasteiger partial charge in [-0.3, -0.25) is 4.79 Å². The topological polar surface area (TPSA) is 61.2 Å². The Labute approximate surface area is 133 Å². The second-order valence-corrected chi connectivity index (χ2v) is 5.15. The average Bonchev–Trinajstić information content (AvgIpc) is 3.03. The summed E-state index contributed by atoms with van der Waals surface area (Å²) in [5.74, 6) is -0.387. The highest BCUT2D eigenvalue weighted by Crippen LogP contribution is 2.25. The van der Waals surface area contributed by atoms with Crippen molar-refractivity contribution in [2.75, 3.05) is 7.11 Å². The number of carbonyl (C=O) groups is 2. The molecule has 0 spiro atoms. The number of benzene rings is 2. The lowest BCUT2D eigenvalue weighted by atomic mass is 10.0. The highest BCUT2D eigenvalue weighted by Gasteiger charge is 2.10. The van der Waals surface area contributed by atoms with Crippen LogP contribution in [0.2, 0.25) is 0 Å². The van der Waals surface area contributed by atoms with Gasteiger partial charge in [-0.05, 0) is 35.4 Å². The number of methoxy groups -OCH3 is 1. The van der Waals surface area contributed by atoms with Crippen LogP contribution in [0.4, 0.5) is 0 Å². The second kappa shape index (κ2) is 6.04. The van der Waals surface area contributed by atoms with Gasteiger partial charge in [0.05, 0.1) is 24.4 Å². The zero-order valence-corrected chi connectivity index (χ0v) is 12.9. The molecule has 5 heteroatoms. The Morgan fingerprint density at radius 2 is 1.78 bits per heavy atom. The van der Waals surface area contributed by atoms with Crippen molar-refractivity contribution >= 4 is 22.8 Å². The molecule has 3 aromatic rings. The van der Waals surface area contributed by atoms with Crippen molar-refractivity contribution < 1.29 is 14.3 Å². The van der Waals surface area contributed by atoms with E-state index >= 15 is 0 Å². The summed E-state index contributed by atoms with van der Waals surface area (Å²) in [6.07, 6.45) is 2.10. The van der Waals surface area contributed by atoms with Gasteiger partial charge < -0.3 is 4.74 Å².